The molecule has 0 saturated carbocycles. The molecular formula is C18H22N6. The van der Waals surface area contributed by atoms with E-state index in [0.717, 1.165) is 54.4 Å². The van der Waals surface area contributed by atoms with Crippen molar-refractivity contribution in [1.29, 1.82) is 0 Å². The van der Waals surface area contributed by atoms with Crippen LogP contribution in [0.3, 0.4) is 0 Å². The molecule has 6 heteroatoms. The zero-order chi connectivity index (χ0) is 16.2. The number of aromatic nitrogens is 4. The summed E-state index contributed by atoms with van der Waals surface area (Å²) in [6, 6.07) is 10.2. The first-order chi connectivity index (χ1) is 11.9. The van der Waals surface area contributed by atoms with Crippen molar-refractivity contribution in [3.05, 3.63) is 48.2 Å². The Balaban J connectivity index is 1.37. The van der Waals surface area contributed by atoms with E-state index in [9.17, 15) is 0 Å². The molecule has 4 rings (SSSR count). The average Bonchev–Trinajstić information content (AvgIpc) is 3.05. The number of benzene rings is 1. The summed E-state index contributed by atoms with van der Waals surface area (Å²) >= 11 is 0. The van der Waals surface area contributed by atoms with Crippen LogP contribution < -0.4 is 10.6 Å². The quantitative estimate of drug-likeness (QED) is 0.672. The Bertz CT molecular complexity index is 773. The van der Waals surface area contributed by atoms with E-state index < -0.39 is 0 Å². The van der Waals surface area contributed by atoms with E-state index in [2.05, 4.69) is 36.6 Å². The Labute approximate surface area is 141 Å². The van der Waals surface area contributed by atoms with E-state index in [-0.39, 0.29) is 0 Å². The third-order valence-corrected chi connectivity index (χ3v) is 4.51. The molecule has 1 aromatic carbocycles. The average molecular weight is 322 g/mol. The number of hydrogen-bond donors (Lipinski definition) is 3. The predicted molar refractivity (Wildman–Crippen MR) is 95.2 cm³/mol. The van der Waals surface area contributed by atoms with E-state index in [1.54, 1.807) is 6.33 Å². The minimum atomic E-state index is 0.498. The lowest BCUT2D eigenvalue weighted by Gasteiger charge is -2.22. The zero-order valence-electron chi connectivity index (χ0n) is 13.6. The predicted octanol–water partition coefficient (Wildman–Crippen LogP) is 2.47. The number of piperidine rings is 1. The highest BCUT2D eigenvalue weighted by Crippen LogP contribution is 2.22. The van der Waals surface area contributed by atoms with Crippen LogP contribution >= 0.6 is 0 Å². The first-order valence-corrected chi connectivity index (χ1v) is 8.58. The highest BCUT2D eigenvalue weighted by molar-refractivity contribution is 5.74. The van der Waals surface area contributed by atoms with Crippen molar-refractivity contribution in [2.45, 2.75) is 25.2 Å². The largest absolute Gasteiger partial charge is 0.370 e. The molecule has 0 bridgehead atoms. The molecule has 3 aromatic rings. The number of nitrogens with zero attached hydrogens (tertiary/aromatic N) is 3. The van der Waals surface area contributed by atoms with Crippen LogP contribution in [-0.2, 0) is 6.42 Å². The molecule has 1 atom stereocenters. The van der Waals surface area contributed by atoms with E-state index >= 15 is 0 Å². The van der Waals surface area contributed by atoms with Crippen molar-refractivity contribution in [2.75, 3.05) is 25.0 Å². The van der Waals surface area contributed by atoms with Gasteiger partial charge in [0.15, 0.2) is 0 Å². The van der Waals surface area contributed by atoms with Gasteiger partial charge in [-0.05, 0) is 31.5 Å². The molecule has 24 heavy (non-hydrogen) atoms. The second-order valence-electron chi connectivity index (χ2n) is 6.25. The van der Waals surface area contributed by atoms with Crippen LogP contribution in [-0.4, -0.2) is 39.6 Å². The van der Waals surface area contributed by atoms with Crippen LogP contribution in [0.1, 0.15) is 30.3 Å². The van der Waals surface area contributed by atoms with Crippen molar-refractivity contribution in [2.24, 2.45) is 0 Å². The van der Waals surface area contributed by atoms with Gasteiger partial charge in [0.2, 0.25) is 0 Å². The molecule has 0 spiro atoms. The molecular weight excluding hydrogens is 300 g/mol. The van der Waals surface area contributed by atoms with Crippen molar-refractivity contribution < 1.29 is 0 Å². The lowest BCUT2D eigenvalue weighted by atomic mass is 9.96. The third kappa shape index (κ3) is 3.38. The van der Waals surface area contributed by atoms with Gasteiger partial charge < -0.3 is 15.6 Å². The molecule has 6 nitrogen and oxygen atoms in total. The number of imidazole rings is 1. The molecule has 1 saturated heterocycles. The number of hydrogen-bond acceptors (Lipinski definition) is 5. The number of para-hydroxylation sites is 2. The molecule has 1 aliphatic heterocycles. The standard InChI is InChI=1S/C18H22N6/c1-2-6-15-14(5-1)23-17(24-15)7-9-20-18-10-16(21-12-22-18)13-4-3-8-19-11-13/h1-2,5-6,10,12-13,19H,3-4,7-9,11H2,(H,23,24)(H,20,21,22)/t13-/m0/s1. The van der Waals surface area contributed by atoms with Gasteiger partial charge in [-0.1, -0.05) is 12.1 Å². The first-order valence-electron chi connectivity index (χ1n) is 8.58. The van der Waals surface area contributed by atoms with Gasteiger partial charge in [-0.2, -0.15) is 0 Å². The Hall–Kier alpha value is -2.47. The van der Waals surface area contributed by atoms with Gasteiger partial charge in [0.25, 0.3) is 0 Å². The summed E-state index contributed by atoms with van der Waals surface area (Å²) in [4.78, 5) is 16.7. The van der Waals surface area contributed by atoms with Crippen LogP contribution in [0.5, 0.6) is 0 Å². The SMILES string of the molecule is c1ccc2[nH]c(CCNc3cc([C@H]4CCCNC4)ncn3)nc2c1. The summed E-state index contributed by atoms with van der Waals surface area (Å²) in [5.41, 5.74) is 3.23. The molecule has 0 aliphatic carbocycles. The molecule has 0 radical (unpaired) electrons. The van der Waals surface area contributed by atoms with Gasteiger partial charge >= 0.3 is 0 Å². The van der Waals surface area contributed by atoms with Crippen LogP contribution in [0.4, 0.5) is 5.82 Å². The molecule has 2 aromatic heterocycles. The van der Waals surface area contributed by atoms with E-state index in [4.69, 9.17) is 0 Å². The fourth-order valence-corrected chi connectivity index (χ4v) is 3.23. The maximum Gasteiger partial charge on any atom is 0.129 e. The summed E-state index contributed by atoms with van der Waals surface area (Å²) in [7, 11) is 0. The third-order valence-electron chi connectivity index (χ3n) is 4.51. The maximum atomic E-state index is 4.60. The Morgan fingerprint density at radius 3 is 3.04 bits per heavy atom. The number of aromatic amines is 1. The van der Waals surface area contributed by atoms with Crippen molar-refractivity contribution in [3.63, 3.8) is 0 Å². The van der Waals surface area contributed by atoms with Crippen molar-refractivity contribution in [1.82, 2.24) is 25.3 Å². The minimum Gasteiger partial charge on any atom is -0.370 e. The molecule has 124 valence electrons. The van der Waals surface area contributed by atoms with E-state index in [1.165, 1.54) is 12.8 Å². The number of fused-ring (bicyclic) bond motifs is 1. The zero-order valence-corrected chi connectivity index (χ0v) is 13.6. The second-order valence-corrected chi connectivity index (χ2v) is 6.25. The van der Waals surface area contributed by atoms with Gasteiger partial charge in [0.1, 0.15) is 18.0 Å². The monoisotopic (exact) mass is 322 g/mol. The lowest BCUT2D eigenvalue weighted by molar-refractivity contribution is 0.454. The fraction of sp³-hybridized carbons (Fsp3) is 0.389. The smallest absolute Gasteiger partial charge is 0.129 e. The normalized spacial score (nSPS) is 17.9. The number of rotatable bonds is 5. The van der Waals surface area contributed by atoms with Crippen molar-refractivity contribution >= 4 is 16.9 Å². The highest BCUT2D eigenvalue weighted by Gasteiger charge is 2.16. The van der Waals surface area contributed by atoms with Gasteiger partial charge in [-0.15, -0.1) is 0 Å². The van der Waals surface area contributed by atoms with Crippen LogP contribution in [0.15, 0.2) is 36.7 Å². The lowest BCUT2D eigenvalue weighted by Crippen LogP contribution is -2.28. The molecule has 3 heterocycles. The summed E-state index contributed by atoms with van der Waals surface area (Å²) in [5, 5.41) is 6.82. The molecule has 1 aliphatic rings. The van der Waals surface area contributed by atoms with Crippen LogP contribution in [0.2, 0.25) is 0 Å². The van der Waals surface area contributed by atoms with E-state index in [0.29, 0.717) is 5.92 Å². The van der Waals surface area contributed by atoms with Gasteiger partial charge in [0.05, 0.1) is 16.7 Å². The Kier molecular flexibility index (Phi) is 4.38. The molecule has 3 N–H and O–H groups in total. The van der Waals surface area contributed by atoms with Gasteiger partial charge in [-0.3, -0.25) is 0 Å². The summed E-state index contributed by atoms with van der Waals surface area (Å²) in [5.74, 6) is 2.38. The topological polar surface area (TPSA) is 78.5 Å². The Morgan fingerprint density at radius 2 is 2.17 bits per heavy atom. The minimum absolute atomic E-state index is 0.498. The summed E-state index contributed by atoms with van der Waals surface area (Å²) < 4.78 is 0. The maximum absolute atomic E-state index is 4.60. The van der Waals surface area contributed by atoms with Gasteiger partial charge in [-0.25, -0.2) is 15.0 Å². The Morgan fingerprint density at radius 1 is 1.21 bits per heavy atom. The summed E-state index contributed by atoms with van der Waals surface area (Å²) in [6.07, 6.45) is 4.90. The number of H-pyrrole nitrogens is 1. The second kappa shape index (κ2) is 6.97. The van der Waals surface area contributed by atoms with Gasteiger partial charge in [0, 0.05) is 31.5 Å². The fourth-order valence-electron chi connectivity index (χ4n) is 3.23. The molecule has 0 unspecified atom stereocenters. The first kappa shape index (κ1) is 15.1. The molecule has 1 fully saturated rings. The van der Waals surface area contributed by atoms with Crippen molar-refractivity contribution in [3.8, 4) is 0 Å². The molecule has 0 amide bonds. The van der Waals surface area contributed by atoms with E-state index in [1.807, 2.05) is 24.3 Å². The van der Waals surface area contributed by atoms with Crippen LogP contribution in [0, 0.1) is 0 Å². The number of anilines is 1. The summed E-state index contributed by atoms with van der Waals surface area (Å²) in [6.45, 7) is 2.92. The number of nitrogens with one attached hydrogen (secondary N) is 3. The highest BCUT2D eigenvalue weighted by atomic mass is 15.0. The van der Waals surface area contributed by atoms with Crippen LogP contribution in [0.25, 0.3) is 11.0 Å².